The molecule has 1 aromatic heterocycles. The van der Waals surface area contributed by atoms with Gasteiger partial charge in [-0.25, -0.2) is 4.98 Å². The summed E-state index contributed by atoms with van der Waals surface area (Å²) in [5.41, 5.74) is 1.11. The summed E-state index contributed by atoms with van der Waals surface area (Å²) in [6.07, 6.45) is 4.76. The Balaban J connectivity index is 1.22. The first-order valence-electron chi connectivity index (χ1n) is 11.9. The molecule has 2 aromatic carbocycles. The van der Waals surface area contributed by atoms with Gasteiger partial charge in [0.2, 0.25) is 5.91 Å². The van der Waals surface area contributed by atoms with Crippen LogP contribution in [0.4, 0.5) is 5.69 Å². The number of hydrogen-bond donors (Lipinski definition) is 0. The molecular weight excluding hydrogens is 503 g/mol. The lowest BCUT2D eigenvalue weighted by Gasteiger charge is -2.35. The highest BCUT2D eigenvalue weighted by Gasteiger charge is 2.45. The predicted octanol–water partition coefficient (Wildman–Crippen LogP) is 4.21. The molecule has 3 aromatic rings. The van der Waals surface area contributed by atoms with Gasteiger partial charge in [-0.2, -0.15) is 0 Å². The fourth-order valence-electron chi connectivity index (χ4n) is 4.67. The topological polar surface area (TPSA) is 69.1 Å². The van der Waals surface area contributed by atoms with Gasteiger partial charge in [0.1, 0.15) is 18.0 Å². The van der Waals surface area contributed by atoms with Gasteiger partial charge in [-0.3, -0.25) is 4.79 Å². The van der Waals surface area contributed by atoms with Crippen molar-refractivity contribution in [2.45, 2.75) is 25.4 Å². The number of halogens is 2. The molecule has 2 aliphatic rings. The highest BCUT2D eigenvalue weighted by Crippen LogP contribution is 2.40. The van der Waals surface area contributed by atoms with Crippen LogP contribution in [0, 0.1) is 0 Å². The maximum atomic E-state index is 11.6. The summed E-state index contributed by atoms with van der Waals surface area (Å²) >= 11 is 12.7. The highest BCUT2D eigenvalue weighted by molar-refractivity contribution is 6.35. The number of imidazole rings is 1. The van der Waals surface area contributed by atoms with Crippen molar-refractivity contribution in [3.63, 3.8) is 0 Å². The fourth-order valence-corrected chi connectivity index (χ4v) is 5.25. The average molecular weight is 531 g/mol. The van der Waals surface area contributed by atoms with E-state index in [0.29, 0.717) is 23.2 Å². The van der Waals surface area contributed by atoms with Crippen LogP contribution in [-0.4, -0.2) is 66.0 Å². The van der Waals surface area contributed by atoms with E-state index in [1.54, 1.807) is 31.6 Å². The zero-order valence-corrected chi connectivity index (χ0v) is 21.5. The van der Waals surface area contributed by atoms with E-state index in [1.165, 1.54) is 0 Å². The number of piperazine rings is 1. The molecule has 10 heteroatoms. The Morgan fingerprint density at radius 3 is 2.58 bits per heavy atom. The van der Waals surface area contributed by atoms with Crippen LogP contribution < -0.4 is 9.64 Å². The normalized spacial score (nSPS) is 22.1. The molecule has 0 aliphatic carbocycles. The van der Waals surface area contributed by atoms with Crippen molar-refractivity contribution in [3.8, 4) is 5.75 Å². The van der Waals surface area contributed by atoms with Crippen molar-refractivity contribution in [2.24, 2.45) is 0 Å². The lowest BCUT2D eigenvalue weighted by Crippen LogP contribution is -2.48. The van der Waals surface area contributed by atoms with Crippen LogP contribution in [0.5, 0.6) is 5.75 Å². The molecule has 0 spiro atoms. The first-order valence-corrected chi connectivity index (χ1v) is 12.6. The van der Waals surface area contributed by atoms with Crippen LogP contribution in [-0.2, 0) is 26.4 Å². The molecule has 3 heterocycles. The molecule has 0 bridgehead atoms. The smallest absolute Gasteiger partial charge is 0.219 e. The first kappa shape index (κ1) is 24.9. The van der Waals surface area contributed by atoms with E-state index >= 15 is 0 Å². The zero-order valence-electron chi connectivity index (χ0n) is 20.0. The summed E-state index contributed by atoms with van der Waals surface area (Å²) in [7, 11) is 0. The third kappa shape index (κ3) is 5.47. The average Bonchev–Trinajstić information content (AvgIpc) is 3.54. The molecule has 0 N–H and O–H groups in total. The molecular formula is C26H28Cl2N4O4. The van der Waals surface area contributed by atoms with E-state index in [4.69, 9.17) is 37.4 Å². The molecule has 190 valence electrons. The summed E-state index contributed by atoms with van der Waals surface area (Å²) < 4.78 is 20.4. The molecule has 2 fully saturated rings. The van der Waals surface area contributed by atoms with Gasteiger partial charge in [-0.05, 0) is 36.4 Å². The number of anilines is 1. The second-order valence-corrected chi connectivity index (χ2v) is 9.85. The molecule has 2 saturated heterocycles. The summed E-state index contributed by atoms with van der Waals surface area (Å²) in [6.45, 7) is 5.75. The Morgan fingerprint density at radius 2 is 1.92 bits per heavy atom. The Labute approximate surface area is 220 Å². The first-order chi connectivity index (χ1) is 17.4. The van der Waals surface area contributed by atoms with E-state index in [0.717, 1.165) is 43.2 Å². The quantitative estimate of drug-likeness (QED) is 0.455. The van der Waals surface area contributed by atoms with Gasteiger partial charge in [-0.15, -0.1) is 0 Å². The third-order valence-electron chi connectivity index (χ3n) is 6.59. The number of nitrogens with zero attached hydrogens (tertiary/aromatic N) is 4. The van der Waals surface area contributed by atoms with E-state index < -0.39 is 11.9 Å². The van der Waals surface area contributed by atoms with Crippen LogP contribution in [0.2, 0.25) is 10.0 Å². The lowest BCUT2D eigenvalue weighted by atomic mass is 9.94. The summed E-state index contributed by atoms with van der Waals surface area (Å²) in [5.74, 6) is 0.854. The monoisotopic (exact) mass is 530 g/mol. The van der Waals surface area contributed by atoms with Crippen molar-refractivity contribution in [1.29, 1.82) is 0 Å². The molecule has 2 atom stereocenters. The summed E-state index contributed by atoms with van der Waals surface area (Å²) in [5, 5.41) is 1.08. The fraction of sp³-hybridized carbons (Fsp3) is 0.385. The maximum Gasteiger partial charge on any atom is 0.219 e. The number of carbonyl (C=O) groups excluding carboxylic acids is 1. The molecule has 8 nitrogen and oxygen atoms in total. The van der Waals surface area contributed by atoms with Gasteiger partial charge in [0.15, 0.2) is 6.29 Å². The van der Waals surface area contributed by atoms with Crippen LogP contribution in [0.1, 0.15) is 12.5 Å². The molecule has 0 radical (unpaired) electrons. The Bertz CT molecular complexity index is 1180. The largest absolute Gasteiger partial charge is 0.488 e. The Kier molecular flexibility index (Phi) is 7.39. The molecule has 5 rings (SSSR count). The van der Waals surface area contributed by atoms with Gasteiger partial charge in [0.05, 0.1) is 19.5 Å². The van der Waals surface area contributed by atoms with E-state index in [2.05, 4.69) is 9.88 Å². The number of aromatic nitrogens is 2. The second kappa shape index (κ2) is 10.7. The summed E-state index contributed by atoms with van der Waals surface area (Å²) in [4.78, 5) is 19.8. The minimum atomic E-state index is -0.803. The highest BCUT2D eigenvalue weighted by atomic mass is 35.5. The minimum absolute atomic E-state index is 0.127. The van der Waals surface area contributed by atoms with E-state index in [-0.39, 0.29) is 12.5 Å². The van der Waals surface area contributed by atoms with E-state index in [1.807, 2.05) is 46.0 Å². The van der Waals surface area contributed by atoms with Gasteiger partial charge in [-0.1, -0.05) is 29.3 Å². The predicted molar refractivity (Wildman–Crippen MR) is 138 cm³/mol. The van der Waals surface area contributed by atoms with Crippen LogP contribution >= 0.6 is 23.2 Å². The van der Waals surface area contributed by atoms with Crippen LogP contribution in [0.3, 0.4) is 0 Å². The number of benzene rings is 2. The number of ether oxygens (including phenoxy) is 3. The standard InChI is InChI=1S/C26H28Cl2N4O4/c1-19(33)31-10-12-32(13-11-31)21-3-5-22(6-4-21)34-15-25-35-17-26(36-25,16-30-9-8-29-18-30)23-7-2-20(27)14-24(23)28/h2-9,14,18,25H,10-13,15-17H2,1H3. The Morgan fingerprint density at radius 1 is 1.14 bits per heavy atom. The SMILES string of the molecule is CC(=O)N1CCN(c2ccc(OCC3OCC(Cn4ccnc4)(c4ccc(Cl)cc4Cl)O3)cc2)CC1. The number of rotatable bonds is 7. The summed E-state index contributed by atoms with van der Waals surface area (Å²) in [6, 6.07) is 13.3. The van der Waals surface area contributed by atoms with Gasteiger partial charge in [0.25, 0.3) is 0 Å². The van der Waals surface area contributed by atoms with Crippen LogP contribution in [0.15, 0.2) is 61.2 Å². The molecule has 0 saturated carbocycles. The van der Waals surface area contributed by atoms with E-state index in [9.17, 15) is 4.79 Å². The van der Waals surface area contributed by atoms with Crippen molar-refractivity contribution in [3.05, 3.63) is 76.8 Å². The number of carbonyl (C=O) groups is 1. The number of hydrogen-bond acceptors (Lipinski definition) is 6. The molecule has 2 aliphatic heterocycles. The van der Waals surface area contributed by atoms with Crippen molar-refractivity contribution < 1.29 is 19.0 Å². The van der Waals surface area contributed by atoms with Crippen molar-refractivity contribution >= 4 is 34.8 Å². The lowest BCUT2D eigenvalue weighted by molar-refractivity contribution is -0.129. The van der Waals surface area contributed by atoms with Crippen molar-refractivity contribution in [2.75, 3.05) is 44.3 Å². The maximum absolute atomic E-state index is 11.6. The van der Waals surface area contributed by atoms with Gasteiger partial charge >= 0.3 is 0 Å². The molecule has 1 amide bonds. The molecule has 2 unspecified atom stereocenters. The van der Waals surface area contributed by atoms with Gasteiger partial charge < -0.3 is 28.6 Å². The molecule has 36 heavy (non-hydrogen) atoms. The minimum Gasteiger partial charge on any atom is -0.488 e. The Hall–Kier alpha value is -2.78. The third-order valence-corrected chi connectivity index (χ3v) is 7.14. The van der Waals surface area contributed by atoms with Gasteiger partial charge in [0, 0.05) is 66.8 Å². The number of amides is 1. The zero-order chi connectivity index (χ0) is 25.1. The van der Waals surface area contributed by atoms with Crippen molar-refractivity contribution in [1.82, 2.24) is 14.5 Å². The van der Waals surface area contributed by atoms with Crippen LogP contribution in [0.25, 0.3) is 0 Å². The second-order valence-electron chi connectivity index (χ2n) is 9.01.